The topological polar surface area (TPSA) is 48.8 Å². The molecule has 0 saturated carbocycles. The van der Waals surface area contributed by atoms with E-state index in [1.807, 2.05) is 23.3 Å². The molecule has 0 unspecified atom stereocenters. The van der Waals surface area contributed by atoms with Crippen LogP contribution in [0.15, 0.2) is 31.5 Å². The van der Waals surface area contributed by atoms with Gasteiger partial charge in [0.1, 0.15) is 12.4 Å². The first kappa shape index (κ1) is 12.7. The van der Waals surface area contributed by atoms with Crippen LogP contribution in [0.5, 0.6) is 0 Å². The van der Waals surface area contributed by atoms with Gasteiger partial charge in [-0.2, -0.15) is 0 Å². The highest BCUT2D eigenvalue weighted by molar-refractivity contribution is 5.76. The Hall–Kier alpha value is -1.29. The molecule has 1 amide bonds. The van der Waals surface area contributed by atoms with E-state index in [2.05, 4.69) is 16.9 Å². The number of imidazole rings is 1. The van der Waals surface area contributed by atoms with Crippen molar-refractivity contribution in [3.8, 4) is 0 Å². The Balaban J connectivity index is 0.00000169. The van der Waals surface area contributed by atoms with Crippen molar-refractivity contribution in [2.75, 3.05) is 0 Å². The molecule has 14 heavy (non-hydrogen) atoms. The summed E-state index contributed by atoms with van der Waals surface area (Å²) in [5.74, 6) is 0.0196. The second kappa shape index (κ2) is 7.15. The molecule has 0 aromatic carbocycles. The van der Waals surface area contributed by atoms with E-state index in [1.54, 1.807) is 0 Å². The van der Waals surface area contributed by atoms with E-state index in [1.165, 1.54) is 6.20 Å². The van der Waals surface area contributed by atoms with E-state index in [-0.39, 0.29) is 18.3 Å². The summed E-state index contributed by atoms with van der Waals surface area (Å²) in [6.45, 7) is 4.27. The number of hydrogen-bond acceptors (Lipinski definition) is 1. The van der Waals surface area contributed by atoms with Crippen LogP contribution in [0.3, 0.4) is 0 Å². The Morgan fingerprint density at radius 1 is 1.64 bits per heavy atom. The number of aromatic amines is 1. The van der Waals surface area contributed by atoms with Gasteiger partial charge in [0.25, 0.3) is 0 Å². The highest BCUT2D eigenvalue weighted by Gasteiger charge is 2.00. The first-order valence-corrected chi connectivity index (χ1v) is 4.25. The van der Waals surface area contributed by atoms with Crippen LogP contribution in [-0.4, -0.2) is 10.9 Å². The van der Waals surface area contributed by atoms with Crippen LogP contribution in [0.2, 0.25) is 0 Å². The molecule has 5 heteroatoms. The SMILES string of the molecule is C=CNC(=O)CCC[n+]1cc[nH]c1.[Cl-]. The van der Waals surface area contributed by atoms with Gasteiger partial charge < -0.3 is 17.7 Å². The highest BCUT2D eigenvalue weighted by atomic mass is 35.5. The van der Waals surface area contributed by atoms with Gasteiger partial charge >= 0.3 is 0 Å². The Morgan fingerprint density at radius 3 is 3.00 bits per heavy atom. The molecule has 0 atom stereocenters. The minimum atomic E-state index is 0. The Kier molecular flexibility index (Phi) is 6.49. The lowest BCUT2D eigenvalue weighted by molar-refractivity contribution is -0.695. The maximum atomic E-state index is 11.0. The number of halogens is 1. The summed E-state index contributed by atoms with van der Waals surface area (Å²) in [6, 6.07) is 0. The fourth-order valence-electron chi connectivity index (χ4n) is 1.07. The summed E-state index contributed by atoms with van der Waals surface area (Å²) in [6.07, 6.45) is 8.43. The number of H-pyrrole nitrogens is 1. The lowest BCUT2D eigenvalue weighted by Crippen LogP contribution is -3.00. The Morgan fingerprint density at radius 2 is 2.43 bits per heavy atom. The van der Waals surface area contributed by atoms with Gasteiger partial charge in [0.15, 0.2) is 0 Å². The van der Waals surface area contributed by atoms with Gasteiger partial charge in [-0.25, -0.2) is 4.57 Å². The number of carbonyl (C=O) groups excluding carboxylic acids is 1. The minimum Gasteiger partial charge on any atom is -1.00 e. The molecule has 1 heterocycles. The number of rotatable bonds is 5. The van der Waals surface area contributed by atoms with Gasteiger partial charge in [-0.05, 0) is 12.6 Å². The second-order valence-electron chi connectivity index (χ2n) is 2.72. The number of aromatic nitrogens is 2. The zero-order valence-electron chi connectivity index (χ0n) is 7.87. The quantitative estimate of drug-likeness (QED) is 0.518. The third-order valence-electron chi connectivity index (χ3n) is 1.69. The molecule has 4 nitrogen and oxygen atoms in total. The standard InChI is InChI=1S/C9H13N3O.ClH/c1-2-11-9(13)4-3-6-12-7-5-10-8-12;/h2,5,7-8H,1,3-4,6H2,(H,11,13);1H. The average Bonchev–Trinajstić information content (AvgIpc) is 2.57. The number of hydrogen-bond donors (Lipinski definition) is 2. The van der Waals surface area contributed by atoms with Gasteiger partial charge in [0.05, 0.1) is 6.54 Å². The molecule has 0 saturated heterocycles. The molecule has 78 valence electrons. The fourth-order valence-corrected chi connectivity index (χ4v) is 1.07. The van der Waals surface area contributed by atoms with Crippen molar-refractivity contribution in [3.63, 3.8) is 0 Å². The summed E-state index contributed by atoms with van der Waals surface area (Å²) in [7, 11) is 0. The molecule has 2 N–H and O–H groups in total. The van der Waals surface area contributed by atoms with E-state index < -0.39 is 0 Å². The molecule has 0 aliphatic carbocycles. The monoisotopic (exact) mass is 215 g/mol. The van der Waals surface area contributed by atoms with Crippen LogP contribution in [0.25, 0.3) is 0 Å². The van der Waals surface area contributed by atoms with Crippen LogP contribution < -0.4 is 22.3 Å². The van der Waals surface area contributed by atoms with Gasteiger partial charge in [-0.3, -0.25) is 9.78 Å². The minimum absolute atomic E-state index is 0. The largest absolute Gasteiger partial charge is 1.00 e. The summed E-state index contributed by atoms with van der Waals surface area (Å²) >= 11 is 0. The predicted octanol–water partition coefficient (Wildman–Crippen LogP) is -2.65. The molecule has 1 aromatic heterocycles. The van der Waals surface area contributed by atoms with Crippen molar-refractivity contribution in [2.45, 2.75) is 19.4 Å². The number of nitrogens with one attached hydrogen (secondary N) is 2. The molecule has 0 aliphatic heterocycles. The van der Waals surface area contributed by atoms with Crippen molar-refractivity contribution < 1.29 is 21.8 Å². The fraction of sp³-hybridized carbons (Fsp3) is 0.333. The Labute approximate surface area is 89.4 Å². The van der Waals surface area contributed by atoms with Crippen LogP contribution >= 0.6 is 0 Å². The first-order chi connectivity index (χ1) is 6.33. The van der Waals surface area contributed by atoms with Crippen LogP contribution in [-0.2, 0) is 11.3 Å². The molecule has 0 aliphatic rings. The molecular weight excluding hydrogens is 202 g/mol. The van der Waals surface area contributed by atoms with Gasteiger partial charge in [-0.1, -0.05) is 6.58 Å². The number of amides is 1. The van der Waals surface area contributed by atoms with E-state index in [0.29, 0.717) is 6.42 Å². The third-order valence-corrected chi connectivity index (χ3v) is 1.69. The van der Waals surface area contributed by atoms with E-state index in [4.69, 9.17) is 0 Å². The molecule has 0 bridgehead atoms. The Bertz CT molecular complexity index is 272. The summed E-state index contributed by atoms with van der Waals surface area (Å²) < 4.78 is 2.00. The zero-order valence-corrected chi connectivity index (χ0v) is 8.63. The molecule has 0 spiro atoms. The maximum absolute atomic E-state index is 11.0. The predicted molar refractivity (Wildman–Crippen MR) is 48.6 cm³/mol. The first-order valence-electron chi connectivity index (χ1n) is 4.25. The lowest BCUT2D eigenvalue weighted by Gasteiger charge is -1.97. The van der Waals surface area contributed by atoms with Gasteiger partial charge in [0, 0.05) is 6.42 Å². The number of carbonyl (C=O) groups is 1. The average molecular weight is 216 g/mol. The van der Waals surface area contributed by atoms with Crippen LogP contribution in [0.4, 0.5) is 0 Å². The van der Waals surface area contributed by atoms with Gasteiger partial charge in [-0.15, -0.1) is 0 Å². The highest BCUT2D eigenvalue weighted by Crippen LogP contribution is 1.88. The summed E-state index contributed by atoms with van der Waals surface area (Å²) in [5.41, 5.74) is 0. The van der Waals surface area contributed by atoms with Crippen molar-refractivity contribution >= 4 is 5.91 Å². The normalized spacial score (nSPS) is 8.86. The zero-order chi connectivity index (χ0) is 9.52. The van der Waals surface area contributed by atoms with Crippen LogP contribution in [0.1, 0.15) is 12.8 Å². The number of nitrogens with zero attached hydrogens (tertiary/aromatic N) is 1. The van der Waals surface area contributed by atoms with Gasteiger partial charge in [0.2, 0.25) is 12.2 Å². The molecule has 0 fully saturated rings. The van der Waals surface area contributed by atoms with Crippen LogP contribution in [0, 0.1) is 0 Å². The molecule has 1 aromatic rings. The van der Waals surface area contributed by atoms with E-state index >= 15 is 0 Å². The number of aryl methyl sites for hydroxylation is 1. The lowest BCUT2D eigenvalue weighted by atomic mass is 10.3. The van der Waals surface area contributed by atoms with Crippen molar-refractivity contribution in [1.82, 2.24) is 10.3 Å². The molecular formula is C9H14ClN3O. The smallest absolute Gasteiger partial charge is 0.241 e. The molecule has 0 radical (unpaired) electrons. The van der Waals surface area contributed by atoms with Crippen molar-refractivity contribution in [2.24, 2.45) is 0 Å². The second-order valence-corrected chi connectivity index (χ2v) is 2.72. The van der Waals surface area contributed by atoms with Crippen molar-refractivity contribution in [3.05, 3.63) is 31.5 Å². The van der Waals surface area contributed by atoms with E-state index in [0.717, 1.165) is 13.0 Å². The van der Waals surface area contributed by atoms with E-state index in [9.17, 15) is 4.79 Å². The van der Waals surface area contributed by atoms with Crippen molar-refractivity contribution in [1.29, 1.82) is 0 Å². The third kappa shape index (κ3) is 4.67. The maximum Gasteiger partial charge on any atom is 0.241 e. The summed E-state index contributed by atoms with van der Waals surface area (Å²) in [5, 5.41) is 2.53. The molecule has 1 rings (SSSR count). The summed E-state index contributed by atoms with van der Waals surface area (Å²) in [4.78, 5) is 13.9.